The van der Waals surface area contributed by atoms with Crippen LogP contribution in [0.1, 0.15) is 37.6 Å². The van der Waals surface area contributed by atoms with Gasteiger partial charge in [-0.15, -0.1) is 0 Å². The number of anilines is 1. The van der Waals surface area contributed by atoms with E-state index in [0.29, 0.717) is 13.0 Å². The largest absolute Gasteiger partial charge is 0.467 e. The van der Waals surface area contributed by atoms with E-state index in [1.807, 2.05) is 43.3 Å². The summed E-state index contributed by atoms with van der Waals surface area (Å²) in [5.74, 6) is 0.990. The lowest BCUT2D eigenvalue weighted by Gasteiger charge is -2.16. The van der Waals surface area contributed by atoms with Crippen LogP contribution in [-0.4, -0.2) is 12.5 Å². The molecular weight excluding hydrogens is 264 g/mol. The Labute approximate surface area is 125 Å². The molecule has 112 valence electrons. The van der Waals surface area contributed by atoms with E-state index in [1.165, 1.54) is 0 Å². The average Bonchev–Trinajstić information content (AvgIpc) is 3.01. The van der Waals surface area contributed by atoms with Crippen LogP contribution in [0.4, 0.5) is 5.69 Å². The number of carbonyl (C=O) groups is 1. The van der Waals surface area contributed by atoms with Crippen LogP contribution < -0.4 is 10.6 Å². The first-order valence-electron chi connectivity index (χ1n) is 7.38. The van der Waals surface area contributed by atoms with Gasteiger partial charge in [-0.3, -0.25) is 4.79 Å². The molecule has 2 rings (SSSR count). The van der Waals surface area contributed by atoms with Crippen molar-refractivity contribution in [1.82, 2.24) is 5.32 Å². The SMILES string of the molecule is CCNC(=O)Cc1ccc(NC(CC)c2ccco2)cc1. The van der Waals surface area contributed by atoms with Crippen LogP contribution in [0.25, 0.3) is 0 Å². The van der Waals surface area contributed by atoms with Gasteiger partial charge in [0.05, 0.1) is 18.7 Å². The van der Waals surface area contributed by atoms with Crippen molar-refractivity contribution in [1.29, 1.82) is 0 Å². The van der Waals surface area contributed by atoms with Gasteiger partial charge in [0.1, 0.15) is 5.76 Å². The van der Waals surface area contributed by atoms with Crippen molar-refractivity contribution in [2.75, 3.05) is 11.9 Å². The fraction of sp³-hybridized carbons (Fsp3) is 0.353. The fourth-order valence-corrected chi connectivity index (χ4v) is 2.23. The molecule has 1 heterocycles. The third kappa shape index (κ3) is 4.38. The van der Waals surface area contributed by atoms with E-state index in [4.69, 9.17) is 4.42 Å². The molecule has 2 N–H and O–H groups in total. The van der Waals surface area contributed by atoms with Crippen molar-refractivity contribution >= 4 is 11.6 Å². The number of benzene rings is 1. The van der Waals surface area contributed by atoms with Gasteiger partial charge in [-0.25, -0.2) is 0 Å². The highest BCUT2D eigenvalue weighted by Crippen LogP contribution is 2.23. The summed E-state index contributed by atoms with van der Waals surface area (Å²) >= 11 is 0. The minimum absolute atomic E-state index is 0.0558. The van der Waals surface area contributed by atoms with Crippen LogP contribution >= 0.6 is 0 Å². The van der Waals surface area contributed by atoms with E-state index in [2.05, 4.69) is 17.6 Å². The zero-order valence-electron chi connectivity index (χ0n) is 12.6. The second-order valence-electron chi connectivity index (χ2n) is 4.95. The molecule has 0 fully saturated rings. The molecule has 0 radical (unpaired) electrons. The maximum atomic E-state index is 11.5. The Morgan fingerprint density at radius 1 is 1.19 bits per heavy atom. The number of furan rings is 1. The Balaban J connectivity index is 1.97. The number of hydrogen-bond acceptors (Lipinski definition) is 3. The van der Waals surface area contributed by atoms with E-state index < -0.39 is 0 Å². The summed E-state index contributed by atoms with van der Waals surface area (Å²) < 4.78 is 5.45. The first kappa shape index (κ1) is 15.2. The van der Waals surface area contributed by atoms with Gasteiger partial charge >= 0.3 is 0 Å². The van der Waals surface area contributed by atoms with Gasteiger partial charge in [0.2, 0.25) is 5.91 Å². The molecule has 4 heteroatoms. The Bertz CT molecular complexity index is 547. The highest BCUT2D eigenvalue weighted by atomic mass is 16.3. The molecular formula is C17H22N2O2. The van der Waals surface area contributed by atoms with Crippen molar-refractivity contribution < 1.29 is 9.21 Å². The van der Waals surface area contributed by atoms with E-state index in [-0.39, 0.29) is 11.9 Å². The second kappa shape index (κ2) is 7.53. The lowest BCUT2D eigenvalue weighted by atomic mass is 10.1. The highest BCUT2D eigenvalue weighted by molar-refractivity contribution is 5.78. The molecule has 0 spiro atoms. The molecule has 0 aliphatic rings. The summed E-state index contributed by atoms with van der Waals surface area (Å²) in [4.78, 5) is 11.5. The monoisotopic (exact) mass is 286 g/mol. The van der Waals surface area contributed by atoms with E-state index in [0.717, 1.165) is 23.4 Å². The van der Waals surface area contributed by atoms with Crippen LogP contribution in [0.2, 0.25) is 0 Å². The lowest BCUT2D eigenvalue weighted by Crippen LogP contribution is -2.24. The Morgan fingerprint density at radius 2 is 1.95 bits per heavy atom. The summed E-state index contributed by atoms with van der Waals surface area (Å²) in [5.41, 5.74) is 2.04. The first-order valence-corrected chi connectivity index (χ1v) is 7.38. The van der Waals surface area contributed by atoms with Gasteiger partial charge in [0.15, 0.2) is 0 Å². The molecule has 4 nitrogen and oxygen atoms in total. The van der Waals surface area contributed by atoms with E-state index >= 15 is 0 Å². The molecule has 1 atom stereocenters. The number of hydrogen-bond donors (Lipinski definition) is 2. The average molecular weight is 286 g/mol. The Kier molecular flexibility index (Phi) is 5.43. The Hall–Kier alpha value is -2.23. The minimum Gasteiger partial charge on any atom is -0.467 e. The zero-order valence-corrected chi connectivity index (χ0v) is 12.6. The predicted molar refractivity (Wildman–Crippen MR) is 84.2 cm³/mol. The lowest BCUT2D eigenvalue weighted by molar-refractivity contribution is -0.120. The first-order chi connectivity index (χ1) is 10.2. The van der Waals surface area contributed by atoms with Crippen molar-refractivity contribution in [3.63, 3.8) is 0 Å². The number of nitrogens with one attached hydrogen (secondary N) is 2. The van der Waals surface area contributed by atoms with E-state index in [1.54, 1.807) is 6.26 Å². The zero-order chi connectivity index (χ0) is 15.1. The topological polar surface area (TPSA) is 54.3 Å². The molecule has 0 saturated heterocycles. The molecule has 0 bridgehead atoms. The van der Waals surface area contributed by atoms with Gasteiger partial charge < -0.3 is 15.1 Å². The molecule has 0 aliphatic heterocycles. The number of carbonyl (C=O) groups excluding carboxylic acids is 1. The normalized spacial score (nSPS) is 11.9. The number of amides is 1. The van der Waals surface area contributed by atoms with Crippen LogP contribution in [0.3, 0.4) is 0 Å². The summed E-state index contributed by atoms with van der Waals surface area (Å²) in [6.45, 7) is 4.70. The summed E-state index contributed by atoms with van der Waals surface area (Å²) in [7, 11) is 0. The summed E-state index contributed by atoms with van der Waals surface area (Å²) in [5, 5.41) is 6.24. The summed E-state index contributed by atoms with van der Waals surface area (Å²) in [6, 6.07) is 12.0. The molecule has 1 unspecified atom stereocenters. The number of rotatable bonds is 7. The Morgan fingerprint density at radius 3 is 2.52 bits per heavy atom. The van der Waals surface area contributed by atoms with Gasteiger partial charge in [0, 0.05) is 12.2 Å². The van der Waals surface area contributed by atoms with E-state index in [9.17, 15) is 4.79 Å². The number of likely N-dealkylation sites (N-methyl/N-ethyl adjacent to an activating group) is 1. The van der Waals surface area contributed by atoms with Gasteiger partial charge in [-0.05, 0) is 43.2 Å². The summed E-state index contributed by atoms with van der Waals surface area (Å²) in [6.07, 6.45) is 3.05. The highest BCUT2D eigenvalue weighted by Gasteiger charge is 2.11. The standard InChI is InChI=1S/C17H22N2O2/c1-3-15(16-6-5-11-21-16)19-14-9-7-13(8-10-14)12-17(20)18-4-2/h5-11,15,19H,3-4,12H2,1-2H3,(H,18,20). The molecule has 0 aliphatic carbocycles. The maximum absolute atomic E-state index is 11.5. The quantitative estimate of drug-likeness (QED) is 0.818. The smallest absolute Gasteiger partial charge is 0.224 e. The van der Waals surface area contributed by atoms with Crippen LogP contribution in [0.15, 0.2) is 47.1 Å². The van der Waals surface area contributed by atoms with Crippen LogP contribution in [0, 0.1) is 0 Å². The van der Waals surface area contributed by atoms with Crippen molar-refractivity contribution in [2.24, 2.45) is 0 Å². The van der Waals surface area contributed by atoms with Gasteiger partial charge in [-0.1, -0.05) is 19.1 Å². The molecule has 0 saturated carbocycles. The minimum atomic E-state index is 0.0558. The van der Waals surface area contributed by atoms with Crippen LogP contribution in [0.5, 0.6) is 0 Å². The second-order valence-corrected chi connectivity index (χ2v) is 4.95. The van der Waals surface area contributed by atoms with Gasteiger partial charge in [-0.2, -0.15) is 0 Å². The van der Waals surface area contributed by atoms with Gasteiger partial charge in [0.25, 0.3) is 0 Å². The van der Waals surface area contributed by atoms with Crippen molar-refractivity contribution in [3.05, 3.63) is 54.0 Å². The molecule has 2 aromatic rings. The van der Waals surface area contributed by atoms with Crippen molar-refractivity contribution in [2.45, 2.75) is 32.7 Å². The molecule has 1 amide bonds. The van der Waals surface area contributed by atoms with Crippen LogP contribution in [-0.2, 0) is 11.2 Å². The molecule has 1 aromatic heterocycles. The molecule has 21 heavy (non-hydrogen) atoms. The molecule has 1 aromatic carbocycles. The predicted octanol–water partition coefficient (Wildman–Crippen LogP) is 3.52. The maximum Gasteiger partial charge on any atom is 0.224 e. The third-order valence-corrected chi connectivity index (χ3v) is 3.33. The third-order valence-electron chi connectivity index (χ3n) is 3.33. The van der Waals surface area contributed by atoms with Crippen molar-refractivity contribution in [3.8, 4) is 0 Å². The fourth-order valence-electron chi connectivity index (χ4n) is 2.23.